The molecule has 0 saturated carbocycles. The summed E-state index contributed by atoms with van der Waals surface area (Å²) in [6, 6.07) is 2.86. The Labute approximate surface area is 117 Å². The van der Waals surface area contributed by atoms with Gasteiger partial charge in [-0.05, 0) is 13.0 Å². The van der Waals surface area contributed by atoms with Gasteiger partial charge in [-0.25, -0.2) is 4.79 Å². The van der Waals surface area contributed by atoms with E-state index in [1.54, 1.807) is 0 Å². The Morgan fingerprint density at radius 2 is 2.11 bits per heavy atom. The predicted molar refractivity (Wildman–Crippen MR) is 71.6 cm³/mol. The fourth-order valence-corrected chi connectivity index (χ4v) is 1.72. The number of rotatable bonds is 8. The topological polar surface area (TPSA) is 65.0 Å². The lowest BCUT2D eigenvalue weighted by molar-refractivity contribution is 0.0690. The molecule has 0 aliphatic rings. The average Bonchev–Trinajstić information content (AvgIpc) is 2.38. The van der Waals surface area contributed by atoms with Crippen LogP contribution >= 0.6 is 11.6 Å². The summed E-state index contributed by atoms with van der Waals surface area (Å²) in [5, 5.41) is 9.42. The molecule has 0 fully saturated rings. The molecule has 0 amide bonds. The number of methoxy groups -OCH3 is 1. The number of carbonyl (C=O) groups is 1. The van der Waals surface area contributed by atoms with Crippen molar-refractivity contribution in [1.29, 1.82) is 0 Å². The lowest BCUT2D eigenvalue weighted by Gasteiger charge is -2.13. The molecule has 0 radical (unpaired) electrons. The Morgan fingerprint density at radius 3 is 2.68 bits per heavy atom. The zero-order chi connectivity index (χ0) is 14.3. The molecular weight excluding hydrogens is 272 g/mol. The maximum absolute atomic E-state index is 11.2. The highest BCUT2D eigenvalue weighted by atomic mass is 35.5. The van der Waals surface area contributed by atoms with Crippen molar-refractivity contribution in [1.82, 2.24) is 0 Å². The number of hydrogen-bond acceptors (Lipinski definition) is 4. The number of ether oxygens (including phenoxy) is 3. The van der Waals surface area contributed by atoms with Gasteiger partial charge in [0.05, 0.1) is 13.7 Å². The molecule has 0 saturated heterocycles. The van der Waals surface area contributed by atoms with Crippen molar-refractivity contribution in [3.8, 4) is 11.5 Å². The van der Waals surface area contributed by atoms with E-state index in [4.69, 9.17) is 30.9 Å². The molecule has 0 aromatic heterocycles. The van der Waals surface area contributed by atoms with Crippen molar-refractivity contribution < 1.29 is 24.1 Å². The van der Waals surface area contributed by atoms with Crippen LogP contribution in [0.1, 0.15) is 23.7 Å². The molecule has 0 bridgehead atoms. The largest absolute Gasteiger partial charge is 0.493 e. The first-order valence-electron chi connectivity index (χ1n) is 5.91. The molecular formula is C13H17ClO5. The zero-order valence-corrected chi connectivity index (χ0v) is 11.7. The van der Waals surface area contributed by atoms with Crippen LogP contribution < -0.4 is 9.47 Å². The van der Waals surface area contributed by atoms with Gasteiger partial charge in [-0.3, -0.25) is 0 Å². The van der Waals surface area contributed by atoms with E-state index in [1.165, 1.54) is 19.2 Å². The smallest absolute Gasteiger partial charge is 0.339 e. The van der Waals surface area contributed by atoms with Gasteiger partial charge in [0, 0.05) is 30.7 Å². The van der Waals surface area contributed by atoms with Crippen molar-refractivity contribution in [3.05, 3.63) is 22.7 Å². The molecule has 1 aromatic carbocycles. The Hall–Kier alpha value is -1.46. The van der Waals surface area contributed by atoms with E-state index < -0.39 is 5.97 Å². The summed E-state index contributed by atoms with van der Waals surface area (Å²) < 4.78 is 15.7. The van der Waals surface area contributed by atoms with Crippen molar-refractivity contribution in [2.45, 2.75) is 13.3 Å². The predicted octanol–water partition coefficient (Wildman–Crippen LogP) is 2.85. The summed E-state index contributed by atoms with van der Waals surface area (Å²) in [5.74, 6) is -0.613. The van der Waals surface area contributed by atoms with Crippen molar-refractivity contribution in [2.75, 3.05) is 26.9 Å². The van der Waals surface area contributed by atoms with E-state index in [0.29, 0.717) is 32.0 Å². The maximum atomic E-state index is 11.2. The van der Waals surface area contributed by atoms with E-state index in [-0.39, 0.29) is 16.3 Å². The number of carboxylic acids is 1. The fraction of sp³-hybridized carbons (Fsp3) is 0.462. The number of hydrogen-bond donors (Lipinski definition) is 1. The summed E-state index contributed by atoms with van der Waals surface area (Å²) in [4.78, 5) is 11.2. The highest BCUT2D eigenvalue weighted by Crippen LogP contribution is 2.34. The van der Waals surface area contributed by atoms with Gasteiger partial charge in [0.25, 0.3) is 0 Å². The summed E-state index contributed by atoms with van der Waals surface area (Å²) in [5.41, 5.74) is -0.0132. The van der Waals surface area contributed by atoms with Crippen LogP contribution in [0.4, 0.5) is 0 Å². The molecule has 0 unspecified atom stereocenters. The number of carboxylic acid groups (broad SMARTS) is 1. The highest BCUT2D eigenvalue weighted by molar-refractivity contribution is 6.31. The molecule has 1 rings (SSSR count). The Kier molecular flexibility index (Phi) is 6.45. The van der Waals surface area contributed by atoms with Crippen LogP contribution in [-0.4, -0.2) is 38.0 Å². The van der Waals surface area contributed by atoms with Gasteiger partial charge < -0.3 is 19.3 Å². The van der Waals surface area contributed by atoms with Gasteiger partial charge >= 0.3 is 5.97 Å². The minimum absolute atomic E-state index is 0.0132. The van der Waals surface area contributed by atoms with E-state index in [1.807, 2.05) is 6.92 Å². The molecule has 1 aromatic rings. The third-order valence-electron chi connectivity index (χ3n) is 2.35. The van der Waals surface area contributed by atoms with Crippen LogP contribution in [0.5, 0.6) is 11.5 Å². The number of benzene rings is 1. The van der Waals surface area contributed by atoms with Crippen LogP contribution in [0.15, 0.2) is 12.1 Å². The quantitative estimate of drug-likeness (QED) is 0.745. The summed E-state index contributed by atoms with van der Waals surface area (Å²) >= 11 is 5.83. The van der Waals surface area contributed by atoms with Crippen molar-refractivity contribution >= 4 is 17.6 Å². The fourth-order valence-electron chi connectivity index (χ4n) is 1.51. The first-order chi connectivity index (χ1) is 9.10. The first-order valence-corrected chi connectivity index (χ1v) is 6.29. The van der Waals surface area contributed by atoms with E-state index >= 15 is 0 Å². The Balaban J connectivity index is 2.81. The summed E-state index contributed by atoms with van der Waals surface area (Å²) in [6.07, 6.45) is 0.665. The second-order valence-electron chi connectivity index (χ2n) is 3.69. The molecule has 0 heterocycles. The zero-order valence-electron chi connectivity index (χ0n) is 10.9. The normalized spacial score (nSPS) is 10.3. The highest BCUT2D eigenvalue weighted by Gasteiger charge is 2.18. The molecule has 6 heteroatoms. The van der Waals surface area contributed by atoms with E-state index in [9.17, 15) is 4.79 Å². The Bertz CT molecular complexity index is 433. The number of halogens is 1. The molecule has 0 aliphatic heterocycles. The van der Waals surface area contributed by atoms with Crippen LogP contribution in [0, 0.1) is 0 Å². The SMILES string of the molecule is CCOCCCOc1c(OC)cc(Cl)cc1C(=O)O. The summed E-state index contributed by atoms with van der Waals surface area (Å²) in [6.45, 7) is 3.46. The molecule has 0 atom stereocenters. The molecule has 0 aliphatic carbocycles. The lowest BCUT2D eigenvalue weighted by atomic mass is 10.2. The van der Waals surface area contributed by atoms with Crippen molar-refractivity contribution in [2.24, 2.45) is 0 Å². The first kappa shape index (κ1) is 15.6. The van der Waals surface area contributed by atoms with Gasteiger partial charge in [-0.15, -0.1) is 0 Å². The third-order valence-corrected chi connectivity index (χ3v) is 2.57. The summed E-state index contributed by atoms with van der Waals surface area (Å²) in [7, 11) is 1.43. The standard InChI is InChI=1S/C13H17ClO5/c1-3-18-5-4-6-19-12-10(13(15)16)7-9(14)8-11(12)17-2/h7-8H,3-6H2,1-2H3,(H,15,16). The molecule has 19 heavy (non-hydrogen) atoms. The van der Waals surface area contributed by atoms with Crippen LogP contribution in [0.2, 0.25) is 5.02 Å². The van der Waals surface area contributed by atoms with Crippen LogP contribution in [0.3, 0.4) is 0 Å². The van der Waals surface area contributed by atoms with Gasteiger partial charge in [-0.1, -0.05) is 11.6 Å². The number of aromatic carboxylic acids is 1. The minimum atomic E-state index is -1.11. The Morgan fingerprint density at radius 1 is 1.37 bits per heavy atom. The molecule has 0 spiro atoms. The maximum Gasteiger partial charge on any atom is 0.339 e. The minimum Gasteiger partial charge on any atom is -0.493 e. The molecule has 5 nitrogen and oxygen atoms in total. The van der Waals surface area contributed by atoms with Gasteiger partial charge in [-0.2, -0.15) is 0 Å². The average molecular weight is 289 g/mol. The van der Waals surface area contributed by atoms with Gasteiger partial charge in [0.2, 0.25) is 0 Å². The van der Waals surface area contributed by atoms with Gasteiger partial charge in [0.1, 0.15) is 5.56 Å². The second-order valence-corrected chi connectivity index (χ2v) is 4.13. The lowest BCUT2D eigenvalue weighted by Crippen LogP contribution is -2.08. The third kappa shape index (κ3) is 4.61. The van der Waals surface area contributed by atoms with E-state index in [0.717, 1.165) is 0 Å². The van der Waals surface area contributed by atoms with Crippen LogP contribution in [-0.2, 0) is 4.74 Å². The van der Waals surface area contributed by atoms with Crippen molar-refractivity contribution in [3.63, 3.8) is 0 Å². The molecule has 106 valence electrons. The van der Waals surface area contributed by atoms with Crippen LogP contribution in [0.25, 0.3) is 0 Å². The van der Waals surface area contributed by atoms with Gasteiger partial charge in [0.15, 0.2) is 11.5 Å². The monoisotopic (exact) mass is 288 g/mol. The van der Waals surface area contributed by atoms with E-state index in [2.05, 4.69) is 0 Å². The molecule has 1 N–H and O–H groups in total. The second kappa shape index (κ2) is 7.86.